The van der Waals surface area contributed by atoms with E-state index in [1.165, 1.54) is 11.1 Å². The second kappa shape index (κ2) is 5.05. The first-order valence-corrected chi connectivity index (χ1v) is 6.67. The Balaban J connectivity index is 1.77. The van der Waals surface area contributed by atoms with Gasteiger partial charge in [-0.3, -0.25) is 4.68 Å². The molecule has 0 saturated carbocycles. The Kier molecular flexibility index (Phi) is 3.25. The number of ether oxygens (including phenoxy) is 1. The van der Waals surface area contributed by atoms with Gasteiger partial charge in [0, 0.05) is 24.8 Å². The van der Waals surface area contributed by atoms with E-state index in [-0.39, 0.29) is 0 Å². The van der Waals surface area contributed by atoms with Crippen molar-refractivity contribution in [3.05, 3.63) is 47.3 Å². The molecule has 1 aromatic carbocycles. The zero-order valence-corrected chi connectivity index (χ0v) is 11.4. The van der Waals surface area contributed by atoms with E-state index < -0.39 is 0 Å². The molecule has 4 nitrogen and oxygen atoms in total. The van der Waals surface area contributed by atoms with E-state index in [1.807, 2.05) is 26.5 Å². The topological polar surface area (TPSA) is 39.1 Å². The van der Waals surface area contributed by atoms with Crippen LogP contribution in [0.5, 0.6) is 5.75 Å². The normalized spacial score (nSPS) is 17.5. The highest BCUT2D eigenvalue weighted by molar-refractivity contribution is 5.45. The molecule has 1 aliphatic carbocycles. The van der Waals surface area contributed by atoms with Crippen LogP contribution in [0.3, 0.4) is 0 Å². The zero-order chi connectivity index (χ0) is 13.2. The van der Waals surface area contributed by atoms with Gasteiger partial charge in [-0.15, -0.1) is 0 Å². The monoisotopic (exact) mass is 257 g/mol. The average molecular weight is 257 g/mol. The van der Waals surface area contributed by atoms with Crippen molar-refractivity contribution in [3.8, 4) is 5.75 Å². The highest BCUT2D eigenvalue weighted by Crippen LogP contribution is 2.36. The van der Waals surface area contributed by atoms with Crippen molar-refractivity contribution in [2.45, 2.75) is 25.5 Å². The minimum Gasteiger partial charge on any atom is -0.488 e. The van der Waals surface area contributed by atoms with Crippen LogP contribution < -0.4 is 10.1 Å². The van der Waals surface area contributed by atoms with Crippen molar-refractivity contribution < 1.29 is 4.74 Å². The molecule has 1 atom stereocenters. The fraction of sp³-hybridized carbons (Fsp3) is 0.400. The predicted octanol–water partition coefficient (Wildman–Crippen LogP) is 2.21. The SMILES string of the molecule is CNC1CCc2c(OCc3cnn(C)c3)cccc21. The molecule has 0 fully saturated rings. The second-order valence-electron chi connectivity index (χ2n) is 5.01. The van der Waals surface area contributed by atoms with E-state index in [0.29, 0.717) is 12.6 Å². The predicted molar refractivity (Wildman–Crippen MR) is 74.1 cm³/mol. The molecule has 1 heterocycles. The van der Waals surface area contributed by atoms with Crippen LogP contribution in [0.2, 0.25) is 0 Å². The van der Waals surface area contributed by atoms with Crippen molar-refractivity contribution >= 4 is 0 Å². The molecule has 100 valence electrons. The quantitative estimate of drug-likeness (QED) is 0.912. The first-order chi connectivity index (χ1) is 9.28. The largest absolute Gasteiger partial charge is 0.488 e. The van der Waals surface area contributed by atoms with Crippen LogP contribution in [0.25, 0.3) is 0 Å². The fourth-order valence-corrected chi connectivity index (χ4v) is 2.76. The number of hydrogen-bond donors (Lipinski definition) is 1. The van der Waals surface area contributed by atoms with Gasteiger partial charge in [-0.2, -0.15) is 5.10 Å². The van der Waals surface area contributed by atoms with Crippen LogP contribution in [0.1, 0.15) is 29.2 Å². The van der Waals surface area contributed by atoms with Crippen molar-refractivity contribution in [1.82, 2.24) is 15.1 Å². The van der Waals surface area contributed by atoms with Crippen LogP contribution in [0.4, 0.5) is 0 Å². The van der Waals surface area contributed by atoms with Gasteiger partial charge in [0.1, 0.15) is 12.4 Å². The summed E-state index contributed by atoms with van der Waals surface area (Å²) in [5.41, 5.74) is 3.83. The molecule has 19 heavy (non-hydrogen) atoms. The van der Waals surface area contributed by atoms with E-state index >= 15 is 0 Å². The molecule has 2 aromatic rings. The lowest BCUT2D eigenvalue weighted by molar-refractivity contribution is 0.303. The van der Waals surface area contributed by atoms with Crippen LogP contribution in [-0.4, -0.2) is 16.8 Å². The number of rotatable bonds is 4. The van der Waals surface area contributed by atoms with Gasteiger partial charge in [-0.1, -0.05) is 12.1 Å². The third-order valence-electron chi connectivity index (χ3n) is 3.73. The van der Waals surface area contributed by atoms with Crippen molar-refractivity contribution in [1.29, 1.82) is 0 Å². The summed E-state index contributed by atoms with van der Waals surface area (Å²) < 4.78 is 7.76. The number of nitrogens with zero attached hydrogens (tertiary/aromatic N) is 2. The van der Waals surface area contributed by atoms with E-state index in [4.69, 9.17) is 4.74 Å². The molecule has 1 unspecified atom stereocenters. The molecule has 0 spiro atoms. The average Bonchev–Trinajstić information content (AvgIpc) is 3.02. The highest BCUT2D eigenvalue weighted by Gasteiger charge is 2.23. The Labute approximate surface area is 113 Å². The maximum Gasteiger partial charge on any atom is 0.123 e. The van der Waals surface area contributed by atoms with Crippen LogP contribution in [-0.2, 0) is 20.1 Å². The third kappa shape index (κ3) is 2.36. The molecule has 0 amide bonds. The molecule has 0 radical (unpaired) electrons. The van der Waals surface area contributed by atoms with Gasteiger partial charge >= 0.3 is 0 Å². The van der Waals surface area contributed by atoms with E-state index in [2.05, 4.69) is 28.6 Å². The maximum atomic E-state index is 5.96. The molecule has 1 aromatic heterocycles. The smallest absolute Gasteiger partial charge is 0.123 e. The fourth-order valence-electron chi connectivity index (χ4n) is 2.76. The second-order valence-corrected chi connectivity index (χ2v) is 5.01. The highest BCUT2D eigenvalue weighted by atomic mass is 16.5. The lowest BCUT2D eigenvalue weighted by Crippen LogP contribution is -2.12. The van der Waals surface area contributed by atoms with Crippen LogP contribution >= 0.6 is 0 Å². The Morgan fingerprint density at radius 3 is 3.11 bits per heavy atom. The van der Waals surface area contributed by atoms with Gasteiger partial charge in [0.05, 0.1) is 6.20 Å². The minimum absolute atomic E-state index is 0.469. The summed E-state index contributed by atoms with van der Waals surface area (Å²) in [6.45, 7) is 0.578. The Hall–Kier alpha value is -1.81. The van der Waals surface area contributed by atoms with Gasteiger partial charge in [-0.25, -0.2) is 0 Å². The van der Waals surface area contributed by atoms with E-state index in [9.17, 15) is 0 Å². The molecule has 4 heteroatoms. The lowest BCUT2D eigenvalue weighted by atomic mass is 10.1. The molecule has 1 aliphatic rings. The Morgan fingerprint density at radius 2 is 2.37 bits per heavy atom. The van der Waals surface area contributed by atoms with Crippen molar-refractivity contribution in [3.63, 3.8) is 0 Å². The van der Waals surface area contributed by atoms with E-state index in [1.54, 1.807) is 4.68 Å². The van der Waals surface area contributed by atoms with Gasteiger partial charge in [0.25, 0.3) is 0 Å². The summed E-state index contributed by atoms with van der Waals surface area (Å²) in [7, 11) is 3.93. The van der Waals surface area contributed by atoms with E-state index in [0.717, 1.165) is 24.2 Å². The maximum absolute atomic E-state index is 5.96. The number of aryl methyl sites for hydroxylation is 1. The van der Waals surface area contributed by atoms with Crippen LogP contribution in [0, 0.1) is 0 Å². The number of fused-ring (bicyclic) bond motifs is 1. The molecule has 0 aliphatic heterocycles. The Bertz CT molecular complexity index is 577. The number of benzene rings is 1. The molecule has 3 rings (SSSR count). The van der Waals surface area contributed by atoms with Gasteiger partial charge in [0.15, 0.2) is 0 Å². The molecule has 0 saturated heterocycles. The summed E-state index contributed by atoms with van der Waals surface area (Å²) in [5, 5.41) is 7.51. The summed E-state index contributed by atoms with van der Waals surface area (Å²) in [6.07, 6.45) is 6.07. The first kappa shape index (κ1) is 12.2. The van der Waals surface area contributed by atoms with Gasteiger partial charge < -0.3 is 10.1 Å². The minimum atomic E-state index is 0.469. The van der Waals surface area contributed by atoms with Gasteiger partial charge in [0.2, 0.25) is 0 Å². The summed E-state index contributed by atoms with van der Waals surface area (Å²) in [4.78, 5) is 0. The van der Waals surface area contributed by atoms with Gasteiger partial charge in [-0.05, 0) is 37.1 Å². The zero-order valence-electron chi connectivity index (χ0n) is 11.4. The Morgan fingerprint density at radius 1 is 1.47 bits per heavy atom. The molecular weight excluding hydrogens is 238 g/mol. The summed E-state index contributed by atoms with van der Waals surface area (Å²) in [6, 6.07) is 6.80. The molecular formula is C15H19N3O. The summed E-state index contributed by atoms with van der Waals surface area (Å²) >= 11 is 0. The summed E-state index contributed by atoms with van der Waals surface area (Å²) in [5.74, 6) is 1.01. The first-order valence-electron chi connectivity index (χ1n) is 6.67. The number of nitrogens with one attached hydrogen (secondary N) is 1. The lowest BCUT2D eigenvalue weighted by Gasteiger charge is -2.12. The number of hydrogen-bond acceptors (Lipinski definition) is 3. The molecule has 0 bridgehead atoms. The van der Waals surface area contributed by atoms with Crippen LogP contribution in [0.15, 0.2) is 30.6 Å². The molecule has 1 N–H and O–H groups in total. The standard InChI is InChI=1S/C15H19N3O/c1-16-14-7-6-13-12(14)4-3-5-15(13)19-10-11-8-17-18(2)9-11/h3-5,8-9,14,16H,6-7,10H2,1-2H3. The number of aromatic nitrogens is 2. The third-order valence-corrected chi connectivity index (χ3v) is 3.73. The van der Waals surface area contributed by atoms with Crippen molar-refractivity contribution in [2.24, 2.45) is 7.05 Å². The van der Waals surface area contributed by atoms with Crippen molar-refractivity contribution in [2.75, 3.05) is 7.05 Å².